The highest BCUT2D eigenvalue weighted by Crippen LogP contribution is 2.28. The maximum atomic E-state index is 11.6. The Morgan fingerprint density at radius 2 is 2.21 bits per heavy atom. The van der Waals surface area contributed by atoms with Crippen molar-refractivity contribution in [1.82, 2.24) is 9.97 Å². The quantitative estimate of drug-likeness (QED) is 0.823. The predicted molar refractivity (Wildman–Crippen MR) is 89.7 cm³/mol. The number of hydrogen-bond donors (Lipinski definition) is 1. The van der Waals surface area contributed by atoms with Crippen molar-refractivity contribution in [1.29, 1.82) is 0 Å². The highest BCUT2D eigenvalue weighted by molar-refractivity contribution is 5.87. The number of carbonyl (C=O) groups is 1. The molecule has 0 radical (unpaired) electrons. The number of methoxy groups -OCH3 is 1. The van der Waals surface area contributed by atoms with Crippen molar-refractivity contribution < 1.29 is 14.3 Å². The summed E-state index contributed by atoms with van der Waals surface area (Å²) in [5.41, 5.74) is 1.41. The molecule has 6 nitrogen and oxygen atoms in total. The van der Waals surface area contributed by atoms with Crippen molar-refractivity contribution in [3.63, 3.8) is 0 Å². The second-order valence-corrected chi connectivity index (χ2v) is 5.83. The number of anilines is 1. The van der Waals surface area contributed by atoms with E-state index in [1.165, 1.54) is 7.11 Å². The molecule has 1 saturated heterocycles. The summed E-state index contributed by atoms with van der Waals surface area (Å²) >= 11 is 0. The molecule has 0 saturated carbocycles. The smallest absolute Gasteiger partial charge is 0.356 e. The minimum atomic E-state index is -0.471. The van der Waals surface area contributed by atoms with Crippen LogP contribution in [0, 0.1) is 5.92 Å². The lowest BCUT2D eigenvalue weighted by atomic mass is 9.94. The van der Waals surface area contributed by atoms with E-state index in [4.69, 9.17) is 9.47 Å². The summed E-state index contributed by atoms with van der Waals surface area (Å²) in [5, 5.41) is 3.36. The van der Waals surface area contributed by atoms with E-state index < -0.39 is 5.97 Å². The first-order valence-electron chi connectivity index (χ1n) is 8.07. The molecule has 2 unspecified atom stereocenters. The van der Waals surface area contributed by atoms with Gasteiger partial charge in [-0.05, 0) is 30.4 Å². The topological polar surface area (TPSA) is 73.3 Å². The van der Waals surface area contributed by atoms with Crippen LogP contribution in [0.15, 0.2) is 42.6 Å². The number of hydrogen-bond acceptors (Lipinski definition) is 6. The molecule has 2 heterocycles. The first-order valence-corrected chi connectivity index (χ1v) is 8.07. The normalized spacial score (nSPS) is 18.1. The van der Waals surface area contributed by atoms with Gasteiger partial charge in [0.1, 0.15) is 0 Å². The molecule has 2 aromatic rings. The van der Waals surface area contributed by atoms with E-state index >= 15 is 0 Å². The van der Waals surface area contributed by atoms with Crippen LogP contribution in [0.2, 0.25) is 0 Å². The van der Waals surface area contributed by atoms with Crippen LogP contribution in [0.3, 0.4) is 0 Å². The Morgan fingerprint density at radius 3 is 2.92 bits per heavy atom. The molecule has 1 aliphatic heterocycles. The zero-order valence-electron chi connectivity index (χ0n) is 13.6. The van der Waals surface area contributed by atoms with Crippen molar-refractivity contribution in [2.45, 2.75) is 18.9 Å². The first-order chi connectivity index (χ1) is 11.8. The molecule has 0 amide bonds. The average molecular weight is 327 g/mol. The maximum absolute atomic E-state index is 11.6. The van der Waals surface area contributed by atoms with Crippen LogP contribution in [0.1, 0.15) is 34.9 Å². The molecule has 0 bridgehead atoms. The van der Waals surface area contributed by atoms with Gasteiger partial charge in [-0.25, -0.2) is 14.8 Å². The fourth-order valence-corrected chi connectivity index (χ4v) is 2.87. The molecule has 126 valence electrons. The summed E-state index contributed by atoms with van der Waals surface area (Å²) in [4.78, 5) is 20.1. The van der Waals surface area contributed by atoms with Crippen LogP contribution < -0.4 is 5.32 Å². The fourth-order valence-electron chi connectivity index (χ4n) is 2.87. The summed E-state index contributed by atoms with van der Waals surface area (Å²) in [6, 6.07) is 11.8. The molecule has 0 aliphatic carbocycles. The van der Waals surface area contributed by atoms with Gasteiger partial charge in [0.2, 0.25) is 5.95 Å². The largest absolute Gasteiger partial charge is 0.464 e. The summed E-state index contributed by atoms with van der Waals surface area (Å²) in [6.07, 6.45) is 3.55. The Labute approximate surface area is 141 Å². The molecule has 6 heteroatoms. The number of carbonyl (C=O) groups excluding carboxylic acids is 1. The van der Waals surface area contributed by atoms with Crippen LogP contribution in [0.25, 0.3) is 0 Å². The van der Waals surface area contributed by atoms with Gasteiger partial charge in [-0.2, -0.15) is 0 Å². The molecular weight excluding hydrogens is 306 g/mol. The minimum absolute atomic E-state index is 0.0609. The van der Waals surface area contributed by atoms with E-state index in [9.17, 15) is 4.79 Å². The Bertz CT molecular complexity index is 672. The lowest BCUT2D eigenvalue weighted by Crippen LogP contribution is -2.18. The lowest BCUT2D eigenvalue weighted by molar-refractivity contribution is 0.0594. The molecule has 24 heavy (non-hydrogen) atoms. The summed E-state index contributed by atoms with van der Waals surface area (Å²) in [7, 11) is 1.34. The van der Waals surface area contributed by atoms with Gasteiger partial charge in [-0.3, -0.25) is 0 Å². The van der Waals surface area contributed by atoms with E-state index in [0.717, 1.165) is 31.6 Å². The van der Waals surface area contributed by atoms with Gasteiger partial charge in [0.15, 0.2) is 5.69 Å². The Hall–Kier alpha value is -2.47. The van der Waals surface area contributed by atoms with Crippen molar-refractivity contribution in [3.8, 4) is 0 Å². The van der Waals surface area contributed by atoms with Crippen LogP contribution in [-0.2, 0) is 9.47 Å². The van der Waals surface area contributed by atoms with E-state index in [1.54, 1.807) is 12.3 Å². The molecule has 3 rings (SSSR count). The van der Waals surface area contributed by atoms with E-state index in [2.05, 4.69) is 27.4 Å². The number of aromatic nitrogens is 2. The highest BCUT2D eigenvalue weighted by Gasteiger charge is 2.22. The third kappa shape index (κ3) is 4.08. The van der Waals surface area contributed by atoms with Gasteiger partial charge in [-0.1, -0.05) is 30.3 Å². The van der Waals surface area contributed by atoms with Crippen LogP contribution in [0.4, 0.5) is 5.95 Å². The van der Waals surface area contributed by atoms with E-state index in [0.29, 0.717) is 11.9 Å². The molecule has 0 spiro atoms. The lowest BCUT2D eigenvalue weighted by Gasteiger charge is -2.22. The maximum Gasteiger partial charge on any atom is 0.356 e. The van der Waals surface area contributed by atoms with Gasteiger partial charge in [0, 0.05) is 19.4 Å². The monoisotopic (exact) mass is 327 g/mol. The van der Waals surface area contributed by atoms with E-state index in [-0.39, 0.29) is 11.7 Å². The summed E-state index contributed by atoms with van der Waals surface area (Å²) < 4.78 is 10.2. The molecule has 1 N–H and O–H groups in total. The number of rotatable bonds is 6. The summed E-state index contributed by atoms with van der Waals surface area (Å²) in [6.45, 7) is 1.61. The molecule has 1 aromatic carbocycles. The second kappa shape index (κ2) is 7.88. The SMILES string of the molecule is COC(=O)c1ccnc(NC(CC2CCOC2)c2ccccc2)n1. The molecule has 2 atom stereocenters. The molecular formula is C18H21N3O3. The van der Waals surface area contributed by atoms with Gasteiger partial charge in [0.25, 0.3) is 0 Å². The van der Waals surface area contributed by atoms with Gasteiger partial charge in [-0.15, -0.1) is 0 Å². The predicted octanol–water partition coefficient (Wildman–Crippen LogP) is 2.84. The second-order valence-electron chi connectivity index (χ2n) is 5.83. The molecule has 1 aliphatic rings. The zero-order chi connectivity index (χ0) is 16.8. The number of benzene rings is 1. The van der Waals surface area contributed by atoms with Crippen molar-refractivity contribution in [2.75, 3.05) is 25.6 Å². The Balaban J connectivity index is 1.79. The standard InChI is InChI=1S/C18H21N3O3/c1-23-17(22)15-7-9-19-18(20-15)21-16(11-13-8-10-24-12-13)14-5-3-2-4-6-14/h2-7,9,13,16H,8,10-12H2,1H3,(H,19,20,21). The van der Waals surface area contributed by atoms with E-state index in [1.807, 2.05) is 18.2 Å². The number of nitrogens with zero attached hydrogens (tertiary/aromatic N) is 2. The highest BCUT2D eigenvalue weighted by atomic mass is 16.5. The van der Waals surface area contributed by atoms with Crippen molar-refractivity contribution in [2.24, 2.45) is 5.92 Å². The zero-order valence-corrected chi connectivity index (χ0v) is 13.6. The van der Waals surface area contributed by atoms with Gasteiger partial charge < -0.3 is 14.8 Å². The number of ether oxygens (including phenoxy) is 2. The molecule has 1 fully saturated rings. The Kier molecular flexibility index (Phi) is 5.38. The number of nitrogens with one attached hydrogen (secondary N) is 1. The third-order valence-electron chi connectivity index (χ3n) is 4.15. The average Bonchev–Trinajstić information content (AvgIpc) is 3.14. The van der Waals surface area contributed by atoms with Crippen LogP contribution in [-0.4, -0.2) is 36.3 Å². The third-order valence-corrected chi connectivity index (χ3v) is 4.15. The van der Waals surface area contributed by atoms with Crippen LogP contribution in [0.5, 0.6) is 0 Å². The Morgan fingerprint density at radius 1 is 1.38 bits per heavy atom. The van der Waals surface area contributed by atoms with Crippen LogP contribution >= 0.6 is 0 Å². The van der Waals surface area contributed by atoms with Crippen molar-refractivity contribution >= 4 is 11.9 Å². The first kappa shape index (κ1) is 16.4. The summed E-state index contributed by atoms with van der Waals surface area (Å²) in [5.74, 6) is 0.457. The fraction of sp³-hybridized carbons (Fsp3) is 0.389. The number of esters is 1. The van der Waals surface area contributed by atoms with Crippen molar-refractivity contribution in [3.05, 3.63) is 53.9 Å². The van der Waals surface area contributed by atoms with Gasteiger partial charge >= 0.3 is 5.97 Å². The van der Waals surface area contributed by atoms with Gasteiger partial charge in [0.05, 0.1) is 13.2 Å². The minimum Gasteiger partial charge on any atom is -0.464 e. The molecule has 1 aromatic heterocycles.